The SMILES string of the molecule is C=CCn1ccnc1-c1nccn1-c1ccccc1. The average molecular weight is 250 g/mol. The number of aromatic nitrogens is 4. The van der Waals surface area contributed by atoms with Crippen molar-refractivity contribution in [2.45, 2.75) is 6.54 Å². The minimum absolute atomic E-state index is 0.719. The zero-order chi connectivity index (χ0) is 13.1. The molecule has 0 amide bonds. The molecule has 0 radical (unpaired) electrons. The Labute approximate surface area is 111 Å². The molecule has 4 nitrogen and oxygen atoms in total. The standard InChI is InChI=1S/C15H14N4/c1-2-10-18-11-8-16-14(18)15-17-9-12-19(15)13-6-4-3-5-7-13/h2-9,11-12H,1,10H2. The third-order valence-corrected chi connectivity index (χ3v) is 2.92. The fourth-order valence-electron chi connectivity index (χ4n) is 2.07. The van der Waals surface area contributed by atoms with Crippen molar-refractivity contribution in [1.82, 2.24) is 19.1 Å². The number of benzene rings is 1. The van der Waals surface area contributed by atoms with E-state index in [9.17, 15) is 0 Å². The first-order valence-electron chi connectivity index (χ1n) is 6.11. The van der Waals surface area contributed by atoms with Gasteiger partial charge in [-0.3, -0.25) is 4.57 Å². The van der Waals surface area contributed by atoms with Crippen LogP contribution in [0.15, 0.2) is 67.8 Å². The molecule has 0 saturated heterocycles. The van der Waals surface area contributed by atoms with Crippen molar-refractivity contribution in [3.8, 4) is 17.3 Å². The molecule has 2 heterocycles. The number of rotatable bonds is 4. The fraction of sp³-hybridized carbons (Fsp3) is 0.0667. The summed E-state index contributed by atoms with van der Waals surface area (Å²) < 4.78 is 4.05. The molecule has 0 fully saturated rings. The van der Waals surface area contributed by atoms with Crippen LogP contribution < -0.4 is 0 Å². The predicted molar refractivity (Wildman–Crippen MR) is 75.0 cm³/mol. The molecule has 0 N–H and O–H groups in total. The van der Waals surface area contributed by atoms with Gasteiger partial charge >= 0.3 is 0 Å². The second-order valence-electron chi connectivity index (χ2n) is 4.15. The van der Waals surface area contributed by atoms with Crippen LogP contribution >= 0.6 is 0 Å². The van der Waals surface area contributed by atoms with Crippen LogP contribution in [0.25, 0.3) is 17.3 Å². The van der Waals surface area contributed by atoms with Crippen LogP contribution in [0.3, 0.4) is 0 Å². The van der Waals surface area contributed by atoms with Gasteiger partial charge in [-0.1, -0.05) is 24.3 Å². The molecular formula is C15H14N4. The van der Waals surface area contributed by atoms with Crippen molar-refractivity contribution in [2.24, 2.45) is 0 Å². The van der Waals surface area contributed by atoms with Crippen LogP contribution in [-0.2, 0) is 6.54 Å². The molecule has 0 atom stereocenters. The van der Waals surface area contributed by atoms with Gasteiger partial charge in [0.05, 0.1) is 0 Å². The summed E-state index contributed by atoms with van der Waals surface area (Å²) in [6.07, 6.45) is 9.29. The molecule has 0 aliphatic carbocycles. The molecule has 0 saturated carbocycles. The van der Waals surface area contributed by atoms with Gasteiger partial charge < -0.3 is 4.57 Å². The largest absolute Gasteiger partial charge is 0.325 e. The molecule has 1 aromatic carbocycles. The Kier molecular flexibility index (Phi) is 2.98. The number of nitrogens with zero attached hydrogens (tertiary/aromatic N) is 4. The van der Waals surface area contributed by atoms with Crippen molar-refractivity contribution >= 4 is 0 Å². The highest BCUT2D eigenvalue weighted by atomic mass is 15.2. The Morgan fingerprint density at radius 1 is 1.00 bits per heavy atom. The van der Waals surface area contributed by atoms with Crippen LogP contribution in [0, 0.1) is 0 Å². The molecule has 0 spiro atoms. The lowest BCUT2D eigenvalue weighted by atomic mass is 10.3. The van der Waals surface area contributed by atoms with E-state index in [-0.39, 0.29) is 0 Å². The van der Waals surface area contributed by atoms with Gasteiger partial charge in [0, 0.05) is 37.0 Å². The summed E-state index contributed by atoms with van der Waals surface area (Å²) in [6.45, 7) is 4.48. The summed E-state index contributed by atoms with van der Waals surface area (Å²) in [4.78, 5) is 8.82. The van der Waals surface area contributed by atoms with Gasteiger partial charge in [0.1, 0.15) is 0 Å². The van der Waals surface area contributed by atoms with Crippen molar-refractivity contribution in [3.05, 3.63) is 67.8 Å². The Morgan fingerprint density at radius 3 is 2.53 bits per heavy atom. The molecule has 3 rings (SSSR count). The lowest BCUT2D eigenvalue weighted by Gasteiger charge is -2.08. The summed E-state index contributed by atoms with van der Waals surface area (Å²) in [7, 11) is 0. The monoisotopic (exact) mass is 250 g/mol. The zero-order valence-corrected chi connectivity index (χ0v) is 10.5. The molecule has 0 bridgehead atoms. The maximum atomic E-state index is 4.42. The Balaban J connectivity index is 2.10. The predicted octanol–water partition coefficient (Wildman–Crippen LogP) is 2.92. The van der Waals surface area contributed by atoms with Crippen LogP contribution in [0.4, 0.5) is 0 Å². The Hall–Kier alpha value is -2.62. The van der Waals surface area contributed by atoms with E-state index in [2.05, 4.69) is 16.5 Å². The minimum Gasteiger partial charge on any atom is -0.325 e. The summed E-state index contributed by atoms with van der Waals surface area (Å²) in [5.41, 5.74) is 1.07. The van der Waals surface area contributed by atoms with E-state index in [4.69, 9.17) is 0 Å². The molecule has 4 heteroatoms. The molecule has 0 aliphatic heterocycles. The van der Waals surface area contributed by atoms with Gasteiger partial charge in [-0.25, -0.2) is 9.97 Å². The second-order valence-corrected chi connectivity index (χ2v) is 4.15. The van der Waals surface area contributed by atoms with Crippen LogP contribution in [-0.4, -0.2) is 19.1 Å². The molecule has 0 aliphatic rings. The van der Waals surface area contributed by atoms with Gasteiger partial charge in [0.15, 0.2) is 11.6 Å². The van der Waals surface area contributed by atoms with Gasteiger partial charge in [0.2, 0.25) is 0 Å². The smallest absolute Gasteiger partial charge is 0.181 e. The zero-order valence-electron chi connectivity index (χ0n) is 10.5. The Bertz CT molecular complexity index is 679. The number of allylic oxidation sites excluding steroid dienone is 1. The normalized spacial score (nSPS) is 10.5. The van der Waals surface area contributed by atoms with Gasteiger partial charge in [-0.05, 0) is 12.1 Å². The lowest BCUT2D eigenvalue weighted by Crippen LogP contribution is -2.03. The topological polar surface area (TPSA) is 35.6 Å². The first-order valence-corrected chi connectivity index (χ1v) is 6.11. The summed E-state index contributed by atoms with van der Waals surface area (Å²) in [5.74, 6) is 1.67. The second kappa shape index (κ2) is 4.94. The average Bonchev–Trinajstić information content (AvgIpc) is 3.08. The quantitative estimate of drug-likeness (QED) is 0.667. The van der Waals surface area contributed by atoms with Crippen molar-refractivity contribution in [2.75, 3.05) is 0 Å². The fourth-order valence-corrected chi connectivity index (χ4v) is 2.07. The summed E-state index contributed by atoms with van der Waals surface area (Å²) >= 11 is 0. The molecule has 19 heavy (non-hydrogen) atoms. The summed E-state index contributed by atoms with van der Waals surface area (Å²) in [5, 5.41) is 0. The molecule has 94 valence electrons. The van der Waals surface area contributed by atoms with Crippen LogP contribution in [0.1, 0.15) is 0 Å². The lowest BCUT2D eigenvalue weighted by molar-refractivity contribution is 0.818. The van der Waals surface area contributed by atoms with E-state index in [1.807, 2.05) is 57.9 Å². The highest BCUT2D eigenvalue weighted by molar-refractivity contribution is 5.50. The van der Waals surface area contributed by atoms with Gasteiger partial charge in [0.25, 0.3) is 0 Å². The van der Waals surface area contributed by atoms with Crippen molar-refractivity contribution in [3.63, 3.8) is 0 Å². The maximum Gasteiger partial charge on any atom is 0.181 e. The number of hydrogen-bond acceptors (Lipinski definition) is 2. The van der Waals surface area contributed by atoms with E-state index in [1.165, 1.54) is 0 Å². The highest BCUT2D eigenvalue weighted by Crippen LogP contribution is 2.19. The molecule has 3 aromatic rings. The number of imidazole rings is 2. The van der Waals surface area contributed by atoms with E-state index >= 15 is 0 Å². The Morgan fingerprint density at radius 2 is 1.74 bits per heavy atom. The van der Waals surface area contributed by atoms with Gasteiger partial charge in [-0.2, -0.15) is 0 Å². The minimum atomic E-state index is 0.719. The first kappa shape index (κ1) is 11.5. The first-order chi connectivity index (χ1) is 9.40. The number of hydrogen-bond donors (Lipinski definition) is 0. The van der Waals surface area contributed by atoms with Crippen LogP contribution in [0.2, 0.25) is 0 Å². The third-order valence-electron chi connectivity index (χ3n) is 2.92. The van der Waals surface area contributed by atoms with Crippen LogP contribution in [0.5, 0.6) is 0 Å². The summed E-state index contributed by atoms with van der Waals surface area (Å²) in [6, 6.07) is 10.1. The van der Waals surface area contributed by atoms with E-state index in [0.717, 1.165) is 23.9 Å². The highest BCUT2D eigenvalue weighted by Gasteiger charge is 2.12. The molecule has 2 aromatic heterocycles. The number of para-hydroxylation sites is 1. The maximum absolute atomic E-state index is 4.42. The van der Waals surface area contributed by atoms with E-state index < -0.39 is 0 Å². The molecule has 0 unspecified atom stereocenters. The van der Waals surface area contributed by atoms with E-state index in [1.54, 1.807) is 12.4 Å². The van der Waals surface area contributed by atoms with Crippen molar-refractivity contribution in [1.29, 1.82) is 0 Å². The third kappa shape index (κ3) is 2.08. The van der Waals surface area contributed by atoms with Crippen molar-refractivity contribution < 1.29 is 0 Å². The molecular weight excluding hydrogens is 236 g/mol. The van der Waals surface area contributed by atoms with E-state index in [0.29, 0.717) is 0 Å². The van der Waals surface area contributed by atoms with Gasteiger partial charge in [-0.15, -0.1) is 6.58 Å².